The van der Waals surface area contributed by atoms with Gasteiger partial charge in [0.25, 0.3) is 0 Å². The van der Waals surface area contributed by atoms with E-state index in [9.17, 15) is 0 Å². The van der Waals surface area contributed by atoms with Crippen molar-refractivity contribution < 1.29 is 14.9 Å². The van der Waals surface area contributed by atoms with Crippen molar-refractivity contribution >= 4 is 17.2 Å². The van der Waals surface area contributed by atoms with E-state index >= 15 is 0 Å². The fraction of sp³-hybridized carbons (Fsp3) is 0.462. The Morgan fingerprint density at radius 3 is 2.37 bits per heavy atom. The average Bonchev–Trinajstić information content (AvgIpc) is 2.39. The fourth-order valence-electron chi connectivity index (χ4n) is 1.70. The first-order valence-corrected chi connectivity index (χ1v) is 6.55. The van der Waals surface area contributed by atoms with Crippen molar-refractivity contribution in [3.8, 4) is 5.75 Å². The summed E-state index contributed by atoms with van der Waals surface area (Å²) in [5.41, 5.74) is 6.33. The predicted molar refractivity (Wildman–Crippen MR) is 78.4 cm³/mol. The number of thiocarbonyl (C=S) groups is 1. The SMILES string of the molecule is NC(=S)c1ccccc1OCCN(CCO)CCO. The van der Waals surface area contributed by atoms with E-state index in [0.717, 1.165) is 0 Å². The second kappa shape index (κ2) is 8.82. The van der Waals surface area contributed by atoms with Gasteiger partial charge in [-0.25, -0.2) is 0 Å². The number of para-hydroxylation sites is 1. The van der Waals surface area contributed by atoms with E-state index in [4.69, 9.17) is 32.9 Å². The van der Waals surface area contributed by atoms with E-state index in [1.807, 2.05) is 29.2 Å². The Morgan fingerprint density at radius 1 is 1.16 bits per heavy atom. The third-order valence-electron chi connectivity index (χ3n) is 2.65. The van der Waals surface area contributed by atoms with Crippen LogP contribution < -0.4 is 10.5 Å². The average molecular weight is 284 g/mol. The molecule has 0 heterocycles. The first-order valence-electron chi connectivity index (χ1n) is 6.14. The molecule has 5 nitrogen and oxygen atoms in total. The quantitative estimate of drug-likeness (QED) is 0.553. The summed E-state index contributed by atoms with van der Waals surface area (Å²) in [6.07, 6.45) is 0. The van der Waals surface area contributed by atoms with Crippen LogP contribution in [0.4, 0.5) is 0 Å². The van der Waals surface area contributed by atoms with Crippen molar-refractivity contribution in [1.82, 2.24) is 4.90 Å². The lowest BCUT2D eigenvalue weighted by Crippen LogP contribution is -2.33. The molecule has 106 valence electrons. The van der Waals surface area contributed by atoms with E-state index < -0.39 is 0 Å². The summed E-state index contributed by atoms with van der Waals surface area (Å²) in [5.74, 6) is 0.656. The van der Waals surface area contributed by atoms with Crippen molar-refractivity contribution in [2.24, 2.45) is 5.73 Å². The summed E-state index contributed by atoms with van der Waals surface area (Å²) in [6.45, 7) is 2.21. The van der Waals surface area contributed by atoms with Crippen LogP contribution in [0.15, 0.2) is 24.3 Å². The van der Waals surface area contributed by atoms with Crippen LogP contribution in [-0.2, 0) is 0 Å². The van der Waals surface area contributed by atoms with E-state index in [-0.39, 0.29) is 13.2 Å². The molecule has 6 heteroatoms. The van der Waals surface area contributed by atoms with Gasteiger partial charge in [0.05, 0.1) is 18.8 Å². The number of ether oxygens (including phenoxy) is 1. The van der Waals surface area contributed by atoms with Crippen molar-refractivity contribution in [3.05, 3.63) is 29.8 Å². The molecule has 0 unspecified atom stereocenters. The van der Waals surface area contributed by atoms with Gasteiger partial charge in [-0.05, 0) is 12.1 Å². The maximum absolute atomic E-state index is 8.90. The van der Waals surface area contributed by atoms with Crippen LogP contribution in [0, 0.1) is 0 Å². The highest BCUT2D eigenvalue weighted by Crippen LogP contribution is 2.17. The molecule has 0 aliphatic rings. The highest BCUT2D eigenvalue weighted by Gasteiger charge is 2.07. The second-order valence-electron chi connectivity index (χ2n) is 4.00. The smallest absolute Gasteiger partial charge is 0.129 e. The van der Waals surface area contributed by atoms with E-state index in [1.54, 1.807) is 0 Å². The Morgan fingerprint density at radius 2 is 1.79 bits per heavy atom. The Bertz CT molecular complexity index is 395. The molecule has 0 amide bonds. The van der Waals surface area contributed by atoms with Crippen molar-refractivity contribution in [3.63, 3.8) is 0 Å². The van der Waals surface area contributed by atoms with Gasteiger partial charge in [0, 0.05) is 19.6 Å². The van der Waals surface area contributed by atoms with E-state index in [1.165, 1.54) is 0 Å². The zero-order valence-electron chi connectivity index (χ0n) is 10.8. The summed E-state index contributed by atoms with van der Waals surface area (Å²) in [5, 5.41) is 17.8. The Labute approximate surface area is 118 Å². The molecule has 0 saturated heterocycles. The molecule has 0 fully saturated rings. The van der Waals surface area contributed by atoms with Crippen LogP contribution in [0.3, 0.4) is 0 Å². The van der Waals surface area contributed by atoms with Gasteiger partial charge in [0.2, 0.25) is 0 Å². The summed E-state index contributed by atoms with van der Waals surface area (Å²) in [6, 6.07) is 7.34. The maximum atomic E-state index is 8.90. The van der Waals surface area contributed by atoms with Crippen LogP contribution in [0.5, 0.6) is 5.75 Å². The van der Waals surface area contributed by atoms with Crippen LogP contribution >= 0.6 is 12.2 Å². The van der Waals surface area contributed by atoms with Crippen molar-refractivity contribution in [2.45, 2.75) is 0 Å². The van der Waals surface area contributed by atoms with Gasteiger partial charge >= 0.3 is 0 Å². The third kappa shape index (κ3) is 5.52. The monoisotopic (exact) mass is 284 g/mol. The summed E-state index contributed by atoms with van der Waals surface area (Å²) in [4.78, 5) is 2.22. The molecule has 0 aliphatic carbocycles. The number of hydrogen-bond donors (Lipinski definition) is 3. The Balaban J connectivity index is 2.50. The molecular formula is C13H20N2O3S. The molecule has 0 aliphatic heterocycles. The van der Waals surface area contributed by atoms with Crippen molar-refractivity contribution in [2.75, 3.05) is 39.5 Å². The van der Waals surface area contributed by atoms with Gasteiger partial charge < -0.3 is 20.7 Å². The highest BCUT2D eigenvalue weighted by atomic mass is 32.1. The standard InChI is InChI=1S/C13H20N2O3S/c14-13(19)11-3-1-2-4-12(11)18-10-7-15(5-8-16)6-9-17/h1-4,16-17H,5-10H2,(H2,14,19). The number of benzene rings is 1. The first kappa shape index (κ1) is 15.8. The molecule has 0 radical (unpaired) electrons. The summed E-state index contributed by atoms with van der Waals surface area (Å²) >= 11 is 4.96. The topological polar surface area (TPSA) is 79.0 Å². The first-order chi connectivity index (χ1) is 9.19. The molecule has 0 aromatic heterocycles. The third-order valence-corrected chi connectivity index (χ3v) is 2.87. The van der Waals surface area contributed by atoms with Crippen LogP contribution in [-0.4, -0.2) is 59.6 Å². The second-order valence-corrected chi connectivity index (χ2v) is 4.44. The van der Waals surface area contributed by atoms with Gasteiger partial charge in [-0.15, -0.1) is 0 Å². The molecular weight excluding hydrogens is 264 g/mol. The molecule has 19 heavy (non-hydrogen) atoms. The molecule has 1 rings (SSSR count). The molecule has 0 saturated carbocycles. The zero-order chi connectivity index (χ0) is 14.1. The van der Waals surface area contributed by atoms with Gasteiger partial charge in [-0.3, -0.25) is 4.90 Å². The minimum Gasteiger partial charge on any atom is -0.492 e. The minimum atomic E-state index is 0.0590. The number of aliphatic hydroxyl groups excluding tert-OH is 2. The molecule has 0 spiro atoms. The summed E-state index contributed by atoms with van der Waals surface area (Å²) in [7, 11) is 0. The largest absolute Gasteiger partial charge is 0.492 e. The number of nitrogens with zero attached hydrogens (tertiary/aromatic N) is 1. The lowest BCUT2D eigenvalue weighted by molar-refractivity contribution is 0.141. The fourth-order valence-corrected chi connectivity index (χ4v) is 1.87. The Hall–Kier alpha value is -1.21. The predicted octanol–water partition coefficient (Wildman–Crippen LogP) is -0.0138. The Kier molecular flexibility index (Phi) is 7.35. The molecule has 1 aromatic carbocycles. The van der Waals surface area contributed by atoms with Gasteiger partial charge in [0.15, 0.2) is 0 Å². The normalized spacial score (nSPS) is 10.7. The molecule has 0 bridgehead atoms. The molecule has 4 N–H and O–H groups in total. The van der Waals surface area contributed by atoms with E-state index in [0.29, 0.717) is 42.5 Å². The van der Waals surface area contributed by atoms with Crippen LogP contribution in [0.25, 0.3) is 0 Å². The number of hydrogen-bond acceptors (Lipinski definition) is 5. The maximum Gasteiger partial charge on any atom is 0.129 e. The number of aliphatic hydroxyl groups is 2. The number of rotatable bonds is 9. The minimum absolute atomic E-state index is 0.0590. The van der Waals surface area contributed by atoms with Crippen molar-refractivity contribution in [1.29, 1.82) is 0 Å². The van der Waals surface area contributed by atoms with Crippen LogP contribution in [0.1, 0.15) is 5.56 Å². The lowest BCUT2D eigenvalue weighted by Gasteiger charge is -2.20. The number of nitrogens with two attached hydrogens (primary N) is 1. The molecule has 0 atom stereocenters. The molecule has 1 aromatic rings. The van der Waals surface area contributed by atoms with Gasteiger partial charge in [-0.1, -0.05) is 24.4 Å². The van der Waals surface area contributed by atoms with Crippen LogP contribution in [0.2, 0.25) is 0 Å². The van der Waals surface area contributed by atoms with Gasteiger partial charge in [-0.2, -0.15) is 0 Å². The highest BCUT2D eigenvalue weighted by molar-refractivity contribution is 7.80. The van der Waals surface area contributed by atoms with Gasteiger partial charge in [0.1, 0.15) is 17.3 Å². The zero-order valence-corrected chi connectivity index (χ0v) is 11.6. The lowest BCUT2D eigenvalue weighted by atomic mass is 10.2. The summed E-state index contributed by atoms with van der Waals surface area (Å²) < 4.78 is 5.65. The van der Waals surface area contributed by atoms with E-state index in [2.05, 4.69) is 0 Å².